The van der Waals surface area contributed by atoms with E-state index in [1.807, 2.05) is 24.8 Å². The van der Waals surface area contributed by atoms with Crippen LogP contribution in [0.1, 0.15) is 46.5 Å². The van der Waals surface area contributed by atoms with Crippen LogP contribution in [0, 0.1) is 5.92 Å². The van der Waals surface area contributed by atoms with Crippen LogP contribution < -0.4 is 11.1 Å². The normalized spacial score (nSPS) is 28.4. The third kappa shape index (κ3) is 4.92. The molecule has 1 heterocycles. The van der Waals surface area contributed by atoms with Gasteiger partial charge in [0.15, 0.2) is 0 Å². The van der Waals surface area contributed by atoms with Gasteiger partial charge in [-0.05, 0) is 32.1 Å². The Morgan fingerprint density at radius 3 is 2.83 bits per heavy atom. The predicted octanol–water partition coefficient (Wildman–Crippen LogP) is 2.67. The summed E-state index contributed by atoms with van der Waals surface area (Å²) in [7, 11) is 0. The summed E-state index contributed by atoms with van der Waals surface area (Å²) in [4.78, 5) is 11.1. The summed E-state index contributed by atoms with van der Waals surface area (Å²) in [5.74, 6) is 1.73. The van der Waals surface area contributed by atoms with Crippen LogP contribution in [0.2, 0.25) is 0 Å². The molecule has 0 spiro atoms. The lowest BCUT2D eigenvalue weighted by Gasteiger charge is -2.20. The first kappa shape index (κ1) is 15.4. The molecule has 0 saturated carbocycles. The number of carbonyl (C=O) groups is 1. The lowest BCUT2D eigenvalue weighted by atomic mass is 9.96. The van der Waals surface area contributed by atoms with E-state index in [0.717, 1.165) is 17.9 Å². The SMILES string of the molecule is C/C=C(/N)CCCC[C@@H]1SC[C@H](NC(C)=O)[C@@H]1C. The fourth-order valence-corrected chi connectivity index (χ4v) is 4.06. The van der Waals surface area contributed by atoms with Crippen LogP contribution in [0.3, 0.4) is 0 Å². The second-order valence-electron chi connectivity index (χ2n) is 5.15. The molecule has 4 heteroatoms. The van der Waals surface area contributed by atoms with Crippen LogP contribution >= 0.6 is 11.8 Å². The van der Waals surface area contributed by atoms with Crippen molar-refractivity contribution < 1.29 is 4.79 Å². The standard InChI is InChI=1S/C14H26N2OS/c1-4-12(15)7-5-6-8-14-10(2)13(9-18-14)16-11(3)17/h4,10,13-14H,5-9,15H2,1-3H3,(H,16,17)/b12-4+/t10-,13-,14-/m0/s1. The molecule has 0 unspecified atom stereocenters. The number of rotatable bonds is 6. The van der Waals surface area contributed by atoms with Gasteiger partial charge >= 0.3 is 0 Å². The van der Waals surface area contributed by atoms with Gasteiger partial charge in [-0.25, -0.2) is 0 Å². The maximum atomic E-state index is 11.1. The van der Waals surface area contributed by atoms with Gasteiger partial charge in [-0.15, -0.1) is 0 Å². The molecule has 1 aliphatic rings. The van der Waals surface area contributed by atoms with Gasteiger partial charge in [0.05, 0.1) is 0 Å². The van der Waals surface area contributed by atoms with Gasteiger partial charge in [-0.3, -0.25) is 4.79 Å². The molecule has 0 aliphatic carbocycles. The first-order chi connectivity index (χ1) is 8.54. The van der Waals surface area contributed by atoms with E-state index in [1.54, 1.807) is 6.92 Å². The summed E-state index contributed by atoms with van der Waals surface area (Å²) in [5.41, 5.74) is 6.78. The molecule has 0 aromatic carbocycles. The van der Waals surface area contributed by atoms with Gasteiger partial charge < -0.3 is 11.1 Å². The van der Waals surface area contributed by atoms with Gasteiger partial charge in [0.25, 0.3) is 0 Å². The Morgan fingerprint density at radius 2 is 2.22 bits per heavy atom. The molecule has 0 radical (unpaired) electrons. The number of carbonyl (C=O) groups excluding carboxylic acids is 1. The Hall–Kier alpha value is -0.640. The zero-order valence-corrected chi connectivity index (χ0v) is 12.6. The average molecular weight is 270 g/mol. The van der Waals surface area contributed by atoms with E-state index in [0.29, 0.717) is 17.2 Å². The maximum absolute atomic E-state index is 11.1. The van der Waals surface area contributed by atoms with E-state index in [1.165, 1.54) is 19.3 Å². The summed E-state index contributed by atoms with van der Waals surface area (Å²) in [6.45, 7) is 5.85. The molecule has 104 valence electrons. The molecular weight excluding hydrogens is 244 g/mol. The van der Waals surface area contributed by atoms with Crippen LogP contribution in [0.25, 0.3) is 0 Å². The van der Waals surface area contributed by atoms with E-state index in [9.17, 15) is 4.79 Å². The van der Waals surface area contributed by atoms with E-state index in [2.05, 4.69) is 12.2 Å². The van der Waals surface area contributed by atoms with Crippen molar-refractivity contribution >= 4 is 17.7 Å². The Labute approximate surface area is 115 Å². The second-order valence-corrected chi connectivity index (χ2v) is 6.42. The van der Waals surface area contributed by atoms with Crippen LogP contribution in [0.4, 0.5) is 0 Å². The van der Waals surface area contributed by atoms with Crippen LogP contribution in [-0.2, 0) is 4.79 Å². The fraction of sp³-hybridized carbons (Fsp3) is 0.786. The Balaban J connectivity index is 2.22. The predicted molar refractivity (Wildman–Crippen MR) is 79.4 cm³/mol. The second kappa shape index (κ2) is 7.72. The highest BCUT2D eigenvalue weighted by molar-refractivity contribution is 8.00. The van der Waals surface area contributed by atoms with Gasteiger partial charge in [0, 0.05) is 29.7 Å². The molecule has 1 fully saturated rings. The lowest BCUT2D eigenvalue weighted by Crippen LogP contribution is -2.38. The third-order valence-electron chi connectivity index (χ3n) is 3.67. The van der Waals surface area contributed by atoms with Crippen molar-refractivity contribution in [3.63, 3.8) is 0 Å². The molecule has 1 saturated heterocycles. The van der Waals surface area contributed by atoms with E-state index < -0.39 is 0 Å². The molecule has 3 atom stereocenters. The molecule has 3 nitrogen and oxygen atoms in total. The number of thioether (sulfide) groups is 1. The average Bonchev–Trinajstić information content (AvgIpc) is 2.66. The quantitative estimate of drug-likeness (QED) is 0.730. The van der Waals surface area contributed by atoms with E-state index in [-0.39, 0.29) is 5.91 Å². The highest BCUT2D eigenvalue weighted by Crippen LogP contribution is 2.35. The molecule has 3 N–H and O–H groups in total. The monoisotopic (exact) mass is 270 g/mol. The highest BCUT2D eigenvalue weighted by atomic mass is 32.2. The summed E-state index contributed by atoms with van der Waals surface area (Å²) < 4.78 is 0. The van der Waals surface area contributed by atoms with Gasteiger partial charge in [0.2, 0.25) is 5.91 Å². The number of unbranched alkanes of at least 4 members (excludes halogenated alkanes) is 1. The van der Waals surface area contributed by atoms with Crippen LogP contribution in [0.15, 0.2) is 11.8 Å². The number of amides is 1. The molecule has 18 heavy (non-hydrogen) atoms. The summed E-state index contributed by atoms with van der Waals surface area (Å²) >= 11 is 2.00. The maximum Gasteiger partial charge on any atom is 0.217 e. The smallest absolute Gasteiger partial charge is 0.217 e. The number of allylic oxidation sites excluding steroid dienone is 2. The third-order valence-corrected chi connectivity index (χ3v) is 5.32. The Morgan fingerprint density at radius 1 is 1.50 bits per heavy atom. The minimum Gasteiger partial charge on any atom is -0.402 e. The molecule has 1 rings (SSSR count). The van der Waals surface area contributed by atoms with Gasteiger partial charge in [-0.1, -0.05) is 19.4 Å². The summed E-state index contributed by atoms with van der Waals surface area (Å²) in [6.07, 6.45) is 6.63. The number of hydrogen-bond donors (Lipinski definition) is 2. The van der Waals surface area contributed by atoms with Crippen molar-refractivity contribution in [2.75, 3.05) is 5.75 Å². The molecule has 1 amide bonds. The first-order valence-corrected chi connectivity index (χ1v) is 7.88. The van der Waals surface area contributed by atoms with Gasteiger partial charge in [0.1, 0.15) is 0 Å². The zero-order valence-electron chi connectivity index (χ0n) is 11.7. The highest BCUT2D eigenvalue weighted by Gasteiger charge is 2.33. The van der Waals surface area contributed by atoms with Crippen LogP contribution in [-0.4, -0.2) is 23.0 Å². The number of nitrogens with two attached hydrogens (primary N) is 1. The fourth-order valence-electron chi connectivity index (χ4n) is 2.39. The zero-order chi connectivity index (χ0) is 13.5. The number of hydrogen-bond acceptors (Lipinski definition) is 3. The molecule has 0 aromatic heterocycles. The molecular formula is C14H26N2OS. The summed E-state index contributed by atoms with van der Waals surface area (Å²) in [6, 6.07) is 0.359. The number of nitrogens with one attached hydrogen (secondary N) is 1. The Kier molecular flexibility index (Phi) is 6.61. The first-order valence-electron chi connectivity index (χ1n) is 6.84. The Bertz CT molecular complexity index is 304. The largest absolute Gasteiger partial charge is 0.402 e. The van der Waals surface area contributed by atoms with Crippen molar-refractivity contribution in [3.8, 4) is 0 Å². The van der Waals surface area contributed by atoms with Crippen molar-refractivity contribution in [1.82, 2.24) is 5.32 Å². The summed E-state index contributed by atoms with van der Waals surface area (Å²) in [5, 5.41) is 3.74. The minimum absolute atomic E-state index is 0.0916. The van der Waals surface area contributed by atoms with Crippen molar-refractivity contribution in [1.29, 1.82) is 0 Å². The van der Waals surface area contributed by atoms with Crippen LogP contribution in [0.5, 0.6) is 0 Å². The topological polar surface area (TPSA) is 55.1 Å². The lowest BCUT2D eigenvalue weighted by molar-refractivity contribution is -0.119. The minimum atomic E-state index is 0.0916. The molecule has 0 aromatic rings. The van der Waals surface area contributed by atoms with Crippen molar-refractivity contribution in [2.24, 2.45) is 11.7 Å². The van der Waals surface area contributed by atoms with Crippen molar-refractivity contribution in [2.45, 2.75) is 57.7 Å². The van der Waals surface area contributed by atoms with Crippen molar-refractivity contribution in [3.05, 3.63) is 11.8 Å². The van der Waals surface area contributed by atoms with Gasteiger partial charge in [-0.2, -0.15) is 11.8 Å². The van der Waals surface area contributed by atoms with E-state index in [4.69, 9.17) is 5.73 Å². The molecule has 1 aliphatic heterocycles. The van der Waals surface area contributed by atoms with E-state index >= 15 is 0 Å². The molecule has 0 bridgehead atoms.